The van der Waals surface area contributed by atoms with E-state index in [-0.39, 0.29) is 5.78 Å². The van der Waals surface area contributed by atoms with Crippen LogP contribution in [0.3, 0.4) is 0 Å². The molecule has 0 aliphatic heterocycles. The van der Waals surface area contributed by atoms with Crippen molar-refractivity contribution in [1.82, 2.24) is 0 Å². The van der Waals surface area contributed by atoms with E-state index in [1.165, 1.54) is 19.1 Å². The van der Waals surface area contributed by atoms with Crippen LogP contribution in [-0.2, 0) is 14.3 Å². The number of benzene rings is 1. The van der Waals surface area contributed by atoms with E-state index < -0.39 is 5.97 Å². The van der Waals surface area contributed by atoms with Gasteiger partial charge in [-0.1, -0.05) is 36.4 Å². The zero-order chi connectivity index (χ0) is 11.8. The molecule has 1 aromatic carbocycles. The lowest BCUT2D eigenvalue weighted by atomic mass is 10.2. The van der Waals surface area contributed by atoms with Gasteiger partial charge in [0.25, 0.3) is 0 Å². The van der Waals surface area contributed by atoms with Crippen LogP contribution >= 0.6 is 0 Å². The smallest absolute Gasteiger partial charge is 0.307 e. The average molecular weight is 216 g/mol. The van der Waals surface area contributed by atoms with Gasteiger partial charge in [0.2, 0.25) is 0 Å². The fraction of sp³-hybridized carbons (Fsp3) is 0.0769. The first kappa shape index (κ1) is 11.9. The fourth-order valence-electron chi connectivity index (χ4n) is 0.995. The Morgan fingerprint density at radius 1 is 1.12 bits per heavy atom. The highest BCUT2D eigenvalue weighted by atomic mass is 16.5. The maximum atomic E-state index is 11.2. The summed E-state index contributed by atoms with van der Waals surface area (Å²) in [7, 11) is 0. The molecule has 0 heterocycles. The summed E-state index contributed by atoms with van der Waals surface area (Å²) in [6.07, 6.45) is 5.39. The van der Waals surface area contributed by atoms with Gasteiger partial charge in [0, 0.05) is 13.0 Å². The van der Waals surface area contributed by atoms with E-state index in [0.717, 1.165) is 11.8 Å². The molecule has 0 saturated carbocycles. The Morgan fingerprint density at radius 2 is 1.81 bits per heavy atom. The van der Waals surface area contributed by atoms with Crippen molar-refractivity contribution >= 4 is 17.8 Å². The molecule has 16 heavy (non-hydrogen) atoms. The number of allylic oxidation sites excluding steroid dienone is 2. The third kappa shape index (κ3) is 4.91. The van der Waals surface area contributed by atoms with Crippen LogP contribution in [-0.4, -0.2) is 11.8 Å². The SMILES string of the molecule is CC(=O)O/C=C/C(=O)/C=C/c1ccccc1. The molecular weight excluding hydrogens is 204 g/mol. The van der Waals surface area contributed by atoms with Gasteiger partial charge >= 0.3 is 5.97 Å². The Hall–Kier alpha value is -2.16. The number of hydrogen-bond donors (Lipinski definition) is 0. The quantitative estimate of drug-likeness (QED) is 0.441. The zero-order valence-electron chi connectivity index (χ0n) is 8.92. The number of ether oxygens (including phenoxy) is 1. The molecule has 0 amide bonds. The van der Waals surface area contributed by atoms with E-state index in [4.69, 9.17) is 0 Å². The molecule has 82 valence electrons. The first-order chi connectivity index (χ1) is 7.68. The van der Waals surface area contributed by atoms with Crippen LogP contribution < -0.4 is 0 Å². The van der Waals surface area contributed by atoms with Crippen molar-refractivity contribution in [2.75, 3.05) is 0 Å². The molecule has 0 spiro atoms. The topological polar surface area (TPSA) is 43.4 Å². The van der Waals surface area contributed by atoms with Crippen LogP contribution in [0, 0.1) is 0 Å². The molecule has 0 unspecified atom stereocenters. The maximum absolute atomic E-state index is 11.2. The van der Waals surface area contributed by atoms with E-state index in [1.807, 2.05) is 30.3 Å². The molecular formula is C13H12O3. The molecule has 1 rings (SSSR count). The van der Waals surface area contributed by atoms with Crippen molar-refractivity contribution in [3.63, 3.8) is 0 Å². The van der Waals surface area contributed by atoms with Crippen molar-refractivity contribution in [3.8, 4) is 0 Å². The summed E-state index contributed by atoms with van der Waals surface area (Å²) < 4.78 is 4.49. The number of carbonyl (C=O) groups is 2. The molecule has 3 nitrogen and oxygen atoms in total. The van der Waals surface area contributed by atoms with E-state index in [0.29, 0.717) is 0 Å². The van der Waals surface area contributed by atoms with Crippen LogP contribution in [0.4, 0.5) is 0 Å². The first-order valence-electron chi connectivity index (χ1n) is 4.79. The molecule has 0 fully saturated rings. The number of hydrogen-bond acceptors (Lipinski definition) is 3. The Labute approximate surface area is 94.0 Å². The number of rotatable bonds is 4. The largest absolute Gasteiger partial charge is 0.435 e. The van der Waals surface area contributed by atoms with E-state index in [2.05, 4.69) is 4.74 Å². The summed E-state index contributed by atoms with van der Waals surface area (Å²) in [6, 6.07) is 9.45. The van der Waals surface area contributed by atoms with Crippen LogP contribution in [0.2, 0.25) is 0 Å². The number of esters is 1. The zero-order valence-corrected chi connectivity index (χ0v) is 8.92. The third-order valence-corrected chi connectivity index (χ3v) is 1.71. The predicted octanol–water partition coefficient (Wildman–Crippen LogP) is 2.35. The van der Waals surface area contributed by atoms with Gasteiger partial charge in [0.05, 0.1) is 6.26 Å². The summed E-state index contributed by atoms with van der Waals surface area (Å²) >= 11 is 0. The fourth-order valence-corrected chi connectivity index (χ4v) is 0.995. The third-order valence-electron chi connectivity index (χ3n) is 1.71. The minimum absolute atomic E-state index is 0.231. The van der Waals surface area contributed by atoms with Gasteiger partial charge < -0.3 is 4.74 Å². The average Bonchev–Trinajstić information content (AvgIpc) is 2.27. The molecule has 3 heteroatoms. The van der Waals surface area contributed by atoms with Crippen LogP contribution in [0.15, 0.2) is 48.7 Å². The second-order valence-corrected chi connectivity index (χ2v) is 3.06. The van der Waals surface area contributed by atoms with Crippen molar-refractivity contribution in [2.24, 2.45) is 0 Å². The van der Waals surface area contributed by atoms with Gasteiger partial charge in [-0.25, -0.2) is 0 Å². The monoisotopic (exact) mass is 216 g/mol. The summed E-state index contributed by atoms with van der Waals surface area (Å²) in [6.45, 7) is 1.27. The molecule has 0 aliphatic carbocycles. The van der Waals surface area contributed by atoms with Gasteiger partial charge in [-0.3, -0.25) is 9.59 Å². The molecule has 0 radical (unpaired) electrons. The molecule has 0 atom stereocenters. The highest BCUT2D eigenvalue weighted by Gasteiger charge is 1.91. The molecule has 1 aromatic rings. The minimum Gasteiger partial charge on any atom is -0.435 e. The van der Waals surface area contributed by atoms with Gasteiger partial charge in [0.15, 0.2) is 5.78 Å². The summed E-state index contributed by atoms with van der Waals surface area (Å²) in [4.78, 5) is 21.6. The van der Waals surface area contributed by atoms with Crippen molar-refractivity contribution in [2.45, 2.75) is 6.92 Å². The Kier molecular flexibility index (Phi) is 4.73. The number of ketones is 1. The summed E-state index contributed by atoms with van der Waals surface area (Å²) in [5.41, 5.74) is 0.941. The van der Waals surface area contributed by atoms with Crippen molar-refractivity contribution in [3.05, 3.63) is 54.3 Å². The second-order valence-electron chi connectivity index (χ2n) is 3.06. The molecule has 0 aromatic heterocycles. The van der Waals surface area contributed by atoms with Gasteiger partial charge in [-0.15, -0.1) is 0 Å². The second kappa shape index (κ2) is 6.35. The van der Waals surface area contributed by atoms with E-state index in [1.54, 1.807) is 6.08 Å². The Balaban J connectivity index is 2.49. The van der Waals surface area contributed by atoms with Crippen LogP contribution in [0.25, 0.3) is 6.08 Å². The molecule has 0 bridgehead atoms. The standard InChI is InChI=1S/C13H12O3/c1-11(14)16-10-9-13(15)8-7-12-5-3-2-4-6-12/h2-10H,1H3/b8-7+,10-9+. The van der Waals surface area contributed by atoms with Gasteiger partial charge in [-0.05, 0) is 11.6 Å². The van der Waals surface area contributed by atoms with E-state index >= 15 is 0 Å². The molecule has 0 N–H and O–H groups in total. The maximum Gasteiger partial charge on any atom is 0.307 e. The highest BCUT2D eigenvalue weighted by molar-refractivity contribution is 6.01. The minimum atomic E-state index is -0.448. The Morgan fingerprint density at radius 3 is 2.44 bits per heavy atom. The Bertz CT molecular complexity index is 416. The van der Waals surface area contributed by atoms with Crippen LogP contribution in [0.1, 0.15) is 12.5 Å². The summed E-state index contributed by atoms with van der Waals surface area (Å²) in [5, 5.41) is 0. The molecule has 0 aliphatic rings. The van der Waals surface area contributed by atoms with Gasteiger partial charge in [0.1, 0.15) is 0 Å². The number of carbonyl (C=O) groups excluding carboxylic acids is 2. The lowest BCUT2D eigenvalue weighted by Crippen LogP contribution is -1.92. The first-order valence-corrected chi connectivity index (χ1v) is 4.79. The summed E-state index contributed by atoms with van der Waals surface area (Å²) in [5.74, 6) is -0.679. The van der Waals surface area contributed by atoms with Crippen LogP contribution in [0.5, 0.6) is 0 Å². The molecule has 0 saturated heterocycles. The van der Waals surface area contributed by atoms with Gasteiger partial charge in [-0.2, -0.15) is 0 Å². The lowest BCUT2D eigenvalue weighted by Gasteiger charge is -1.90. The van der Waals surface area contributed by atoms with E-state index in [9.17, 15) is 9.59 Å². The van der Waals surface area contributed by atoms with Crippen molar-refractivity contribution in [1.29, 1.82) is 0 Å². The normalized spacial score (nSPS) is 10.8. The van der Waals surface area contributed by atoms with Crippen molar-refractivity contribution < 1.29 is 14.3 Å². The highest BCUT2D eigenvalue weighted by Crippen LogP contribution is 2.00. The predicted molar refractivity (Wildman–Crippen MR) is 61.4 cm³/mol. The lowest BCUT2D eigenvalue weighted by molar-refractivity contribution is -0.135.